The molecule has 0 saturated carbocycles. The van der Waals surface area contributed by atoms with Gasteiger partial charge in [0, 0.05) is 23.9 Å². The van der Waals surface area contributed by atoms with Crippen LogP contribution in [0.4, 0.5) is 4.39 Å². The second-order valence-corrected chi connectivity index (χ2v) is 6.47. The summed E-state index contributed by atoms with van der Waals surface area (Å²) >= 11 is 0. The van der Waals surface area contributed by atoms with Crippen LogP contribution in [0.2, 0.25) is 0 Å². The van der Waals surface area contributed by atoms with Gasteiger partial charge in [0.1, 0.15) is 11.0 Å². The summed E-state index contributed by atoms with van der Waals surface area (Å²) in [5.74, 6) is 0.0672. The molecule has 1 N–H and O–H groups in total. The molecule has 1 aliphatic rings. The molecule has 1 fully saturated rings. The maximum atomic E-state index is 14.6. The molecule has 3 aromatic heterocycles. The Labute approximate surface area is 142 Å². The Morgan fingerprint density at radius 2 is 1.88 bits per heavy atom. The highest BCUT2D eigenvalue weighted by Gasteiger charge is 2.19. The van der Waals surface area contributed by atoms with Crippen molar-refractivity contribution in [3.63, 3.8) is 0 Å². The summed E-state index contributed by atoms with van der Waals surface area (Å²) in [4.78, 5) is 4.54. The van der Waals surface area contributed by atoms with Crippen molar-refractivity contribution in [3.05, 3.63) is 48.2 Å². The molecule has 4 aromatic rings. The highest BCUT2D eigenvalue weighted by atomic mass is 19.1. The van der Waals surface area contributed by atoms with Gasteiger partial charge in [0.05, 0.1) is 5.69 Å². The fraction of sp³-hybridized carbons (Fsp3) is 0.278. The van der Waals surface area contributed by atoms with Gasteiger partial charge in [-0.1, -0.05) is 6.07 Å². The lowest BCUT2D eigenvalue weighted by Gasteiger charge is -2.20. The van der Waals surface area contributed by atoms with Crippen LogP contribution >= 0.6 is 0 Å². The minimum Gasteiger partial charge on any atom is -0.317 e. The number of aromatic nitrogens is 4. The van der Waals surface area contributed by atoms with Crippen molar-refractivity contribution in [2.45, 2.75) is 18.8 Å². The number of piperidine rings is 1. The summed E-state index contributed by atoms with van der Waals surface area (Å²) < 4.78 is 21.1. The molecule has 126 valence electrons. The number of imidazole rings is 1. The van der Waals surface area contributed by atoms with E-state index in [1.165, 1.54) is 6.07 Å². The molecule has 0 unspecified atom stereocenters. The number of hydrogen-bond donors (Lipinski definition) is 1. The summed E-state index contributed by atoms with van der Waals surface area (Å²) in [6.45, 7) is 1.97. The maximum absolute atomic E-state index is 14.6. The molecule has 0 spiro atoms. The van der Waals surface area contributed by atoms with Gasteiger partial charge in [-0.3, -0.25) is 0 Å². The molecule has 0 radical (unpaired) electrons. The predicted molar refractivity (Wildman–Crippen MR) is 90.8 cm³/mol. The number of halogens is 1. The predicted octanol–water partition coefficient (Wildman–Crippen LogP) is 3.14. The van der Waals surface area contributed by atoms with Gasteiger partial charge in [-0.15, -0.1) is 0 Å². The third-order valence-corrected chi connectivity index (χ3v) is 4.87. The number of benzene rings is 1. The van der Waals surface area contributed by atoms with E-state index in [4.69, 9.17) is 4.63 Å². The zero-order valence-electron chi connectivity index (χ0n) is 13.4. The van der Waals surface area contributed by atoms with E-state index in [-0.39, 0.29) is 5.82 Å². The average molecular weight is 337 g/mol. The van der Waals surface area contributed by atoms with Crippen LogP contribution in [0.1, 0.15) is 24.5 Å². The van der Waals surface area contributed by atoms with Gasteiger partial charge in [0.25, 0.3) is 0 Å². The quantitative estimate of drug-likeness (QED) is 0.608. The standard InChI is InChI=1S/C18H16FN5O/c19-14-7-13(12-1-2-15-16(8-12)23-25-22-15)9-24-10-17(21-18(14)24)11-3-5-20-6-4-11/h1-2,7-11,20H,3-6H2. The zero-order chi connectivity index (χ0) is 16.8. The summed E-state index contributed by atoms with van der Waals surface area (Å²) in [6, 6.07) is 7.07. The molecule has 0 bridgehead atoms. The molecule has 4 heterocycles. The van der Waals surface area contributed by atoms with Crippen molar-refractivity contribution in [1.29, 1.82) is 0 Å². The van der Waals surface area contributed by atoms with E-state index in [9.17, 15) is 4.39 Å². The van der Waals surface area contributed by atoms with Crippen LogP contribution in [0.5, 0.6) is 0 Å². The lowest BCUT2D eigenvalue weighted by atomic mass is 9.95. The fourth-order valence-electron chi connectivity index (χ4n) is 3.51. The first-order valence-electron chi connectivity index (χ1n) is 8.39. The summed E-state index contributed by atoms with van der Waals surface area (Å²) in [5, 5.41) is 11.0. The Bertz CT molecular complexity index is 1060. The highest BCUT2D eigenvalue weighted by Crippen LogP contribution is 2.28. The zero-order valence-corrected chi connectivity index (χ0v) is 13.4. The van der Waals surface area contributed by atoms with Gasteiger partial charge in [0.2, 0.25) is 0 Å². The van der Waals surface area contributed by atoms with Crippen LogP contribution in [-0.4, -0.2) is 32.8 Å². The number of hydrogen-bond acceptors (Lipinski definition) is 5. The number of pyridine rings is 1. The van der Waals surface area contributed by atoms with Gasteiger partial charge in [0.15, 0.2) is 11.5 Å². The first kappa shape index (κ1) is 14.5. The third kappa shape index (κ3) is 2.47. The lowest BCUT2D eigenvalue weighted by Crippen LogP contribution is -2.26. The minimum atomic E-state index is -0.323. The number of nitrogens with zero attached hydrogens (tertiary/aromatic N) is 4. The van der Waals surface area contributed by atoms with Crippen molar-refractivity contribution >= 4 is 16.7 Å². The molecular weight excluding hydrogens is 321 g/mol. The molecule has 0 aliphatic carbocycles. The maximum Gasteiger partial charge on any atom is 0.173 e. The topological polar surface area (TPSA) is 68.2 Å². The Morgan fingerprint density at radius 1 is 1.04 bits per heavy atom. The fourth-order valence-corrected chi connectivity index (χ4v) is 3.51. The number of fused-ring (bicyclic) bond motifs is 2. The van der Waals surface area contributed by atoms with Crippen molar-refractivity contribution in [2.24, 2.45) is 0 Å². The average Bonchev–Trinajstić information content (AvgIpc) is 3.28. The Hall–Kier alpha value is -2.80. The molecule has 25 heavy (non-hydrogen) atoms. The molecule has 6 nitrogen and oxygen atoms in total. The SMILES string of the molecule is Fc1cc(-c2ccc3nonc3c2)cn2cc(C3CCNCC3)nc12. The van der Waals surface area contributed by atoms with Crippen LogP contribution in [0, 0.1) is 5.82 Å². The van der Waals surface area contributed by atoms with Gasteiger partial charge < -0.3 is 9.72 Å². The molecule has 1 aromatic carbocycles. The minimum absolute atomic E-state index is 0.323. The van der Waals surface area contributed by atoms with Crippen LogP contribution in [-0.2, 0) is 0 Å². The second-order valence-electron chi connectivity index (χ2n) is 6.47. The smallest absolute Gasteiger partial charge is 0.173 e. The first-order valence-corrected chi connectivity index (χ1v) is 8.39. The van der Waals surface area contributed by atoms with Gasteiger partial charge in [-0.05, 0) is 60.0 Å². The molecular formula is C18H16FN5O. The summed E-state index contributed by atoms with van der Waals surface area (Å²) in [6.07, 6.45) is 5.93. The van der Waals surface area contributed by atoms with Gasteiger partial charge >= 0.3 is 0 Å². The van der Waals surface area contributed by atoms with Crippen molar-refractivity contribution in [2.75, 3.05) is 13.1 Å². The van der Waals surface area contributed by atoms with Crippen molar-refractivity contribution in [3.8, 4) is 11.1 Å². The lowest BCUT2D eigenvalue weighted by molar-refractivity contribution is 0.315. The molecule has 0 amide bonds. The van der Waals surface area contributed by atoms with Crippen LogP contribution < -0.4 is 5.32 Å². The largest absolute Gasteiger partial charge is 0.317 e. The van der Waals surface area contributed by atoms with E-state index < -0.39 is 0 Å². The third-order valence-electron chi connectivity index (χ3n) is 4.87. The van der Waals surface area contributed by atoms with Crippen molar-refractivity contribution < 1.29 is 9.02 Å². The summed E-state index contributed by atoms with van der Waals surface area (Å²) in [5.41, 5.74) is 4.31. The van der Waals surface area contributed by atoms with Crippen LogP contribution in [0.3, 0.4) is 0 Å². The molecule has 1 saturated heterocycles. The monoisotopic (exact) mass is 337 g/mol. The second kappa shape index (κ2) is 5.63. The van der Waals surface area contributed by atoms with E-state index in [1.54, 1.807) is 4.40 Å². The van der Waals surface area contributed by atoms with Crippen LogP contribution in [0.15, 0.2) is 41.3 Å². The van der Waals surface area contributed by atoms with Crippen LogP contribution in [0.25, 0.3) is 27.8 Å². The van der Waals surface area contributed by atoms with Gasteiger partial charge in [-0.25, -0.2) is 14.0 Å². The summed E-state index contributed by atoms with van der Waals surface area (Å²) in [7, 11) is 0. The first-order chi connectivity index (χ1) is 12.3. The molecule has 0 atom stereocenters. The highest BCUT2D eigenvalue weighted by molar-refractivity contribution is 5.80. The normalized spacial score (nSPS) is 16.0. The molecule has 5 rings (SSSR count). The van der Waals surface area contributed by atoms with E-state index in [1.807, 2.05) is 30.6 Å². The molecule has 1 aliphatic heterocycles. The van der Waals surface area contributed by atoms with Crippen molar-refractivity contribution in [1.82, 2.24) is 25.0 Å². The number of nitrogens with one attached hydrogen (secondary N) is 1. The number of rotatable bonds is 2. The van der Waals surface area contributed by atoms with E-state index in [0.29, 0.717) is 22.6 Å². The Kier molecular flexibility index (Phi) is 3.27. The Morgan fingerprint density at radius 3 is 2.76 bits per heavy atom. The van der Waals surface area contributed by atoms with E-state index in [0.717, 1.165) is 42.8 Å². The van der Waals surface area contributed by atoms with Gasteiger partial charge in [-0.2, -0.15) is 0 Å². The Balaban J connectivity index is 1.59. The van der Waals surface area contributed by atoms with E-state index in [2.05, 4.69) is 20.6 Å². The molecule has 7 heteroatoms. The van der Waals surface area contributed by atoms with E-state index >= 15 is 0 Å².